The van der Waals surface area contributed by atoms with E-state index in [0.717, 1.165) is 55.3 Å². The molecule has 0 atom stereocenters. The maximum atomic E-state index is 13.4. The summed E-state index contributed by atoms with van der Waals surface area (Å²) in [5.74, 6) is 0.00419. The molecule has 2 aromatic rings. The lowest BCUT2D eigenvalue weighted by Crippen LogP contribution is -2.37. The third-order valence-electron chi connectivity index (χ3n) is 5.82. The quantitative estimate of drug-likeness (QED) is 0.702. The number of para-hydroxylation sites is 1. The van der Waals surface area contributed by atoms with E-state index in [4.69, 9.17) is 4.74 Å². The highest BCUT2D eigenvalue weighted by atomic mass is 16.5. The summed E-state index contributed by atoms with van der Waals surface area (Å²) in [6, 6.07) is 15.7. The Balaban J connectivity index is 1.94. The molecule has 0 aromatic heterocycles. The predicted octanol–water partition coefficient (Wildman–Crippen LogP) is 4.97. The largest absolute Gasteiger partial charge is 0.375 e. The van der Waals surface area contributed by atoms with Gasteiger partial charge in [-0.1, -0.05) is 61.6 Å². The van der Waals surface area contributed by atoms with Crippen molar-refractivity contribution in [2.45, 2.75) is 52.0 Å². The minimum atomic E-state index is -0.0404. The second-order valence-electron chi connectivity index (χ2n) is 8.32. The molecule has 166 valence electrons. The molecule has 0 bridgehead atoms. The lowest BCUT2D eigenvalue weighted by atomic mass is 10.1. The van der Waals surface area contributed by atoms with Crippen molar-refractivity contribution in [1.82, 2.24) is 4.90 Å². The highest BCUT2D eigenvalue weighted by Crippen LogP contribution is 2.25. The number of carbonyl (C=O) groups excluding carboxylic acids is 2. The highest BCUT2D eigenvalue weighted by molar-refractivity contribution is 5.96. The Bertz CT molecular complexity index is 880. The fraction of sp³-hybridized carbons (Fsp3) is 0.462. The first-order valence-electron chi connectivity index (χ1n) is 11.3. The molecule has 1 aliphatic heterocycles. The van der Waals surface area contributed by atoms with Crippen LogP contribution in [0.1, 0.15) is 60.0 Å². The van der Waals surface area contributed by atoms with Crippen LogP contribution in [0, 0.1) is 6.92 Å². The van der Waals surface area contributed by atoms with Crippen molar-refractivity contribution < 1.29 is 14.3 Å². The van der Waals surface area contributed by atoms with E-state index >= 15 is 0 Å². The molecule has 1 heterocycles. The van der Waals surface area contributed by atoms with Crippen molar-refractivity contribution in [3.63, 3.8) is 0 Å². The van der Waals surface area contributed by atoms with E-state index in [1.807, 2.05) is 65.3 Å². The average Bonchev–Trinajstić information content (AvgIpc) is 2.79. The van der Waals surface area contributed by atoms with E-state index < -0.39 is 0 Å². The number of aryl methyl sites for hydroxylation is 1. The number of benzene rings is 2. The van der Waals surface area contributed by atoms with Crippen molar-refractivity contribution in [3.8, 4) is 0 Å². The molecule has 0 saturated carbocycles. The minimum Gasteiger partial charge on any atom is -0.375 e. The van der Waals surface area contributed by atoms with Crippen LogP contribution in [0.15, 0.2) is 48.5 Å². The first kappa shape index (κ1) is 23.0. The van der Waals surface area contributed by atoms with E-state index in [1.54, 1.807) is 7.11 Å². The lowest BCUT2D eigenvalue weighted by molar-refractivity contribution is -0.122. The van der Waals surface area contributed by atoms with Crippen LogP contribution in [-0.2, 0) is 16.1 Å². The Hall–Kier alpha value is -2.66. The smallest absolute Gasteiger partial charge is 0.254 e. The number of methoxy groups -OCH3 is 1. The molecule has 2 aromatic carbocycles. The Labute approximate surface area is 186 Å². The Morgan fingerprint density at radius 1 is 0.903 bits per heavy atom. The Kier molecular flexibility index (Phi) is 8.65. The number of ether oxygens (including phenoxy) is 1. The zero-order valence-corrected chi connectivity index (χ0v) is 18.8. The first-order valence-corrected chi connectivity index (χ1v) is 11.3. The van der Waals surface area contributed by atoms with Crippen LogP contribution in [-0.4, -0.2) is 43.5 Å². The molecular formula is C26H34N2O3. The highest BCUT2D eigenvalue weighted by Gasteiger charge is 2.22. The number of rotatable bonds is 3. The average molecular weight is 423 g/mol. The van der Waals surface area contributed by atoms with Crippen LogP contribution in [0.25, 0.3) is 0 Å². The number of hydrogen-bond acceptors (Lipinski definition) is 3. The summed E-state index contributed by atoms with van der Waals surface area (Å²) in [7, 11) is 1.55. The second kappa shape index (κ2) is 11.7. The number of anilines is 1. The minimum absolute atomic E-state index is 0.0404. The molecule has 2 amide bonds. The van der Waals surface area contributed by atoms with Crippen LogP contribution >= 0.6 is 0 Å². The van der Waals surface area contributed by atoms with E-state index in [-0.39, 0.29) is 18.4 Å². The van der Waals surface area contributed by atoms with Crippen molar-refractivity contribution in [2.24, 2.45) is 0 Å². The molecule has 31 heavy (non-hydrogen) atoms. The molecule has 5 nitrogen and oxygen atoms in total. The summed E-state index contributed by atoms with van der Waals surface area (Å²) in [5, 5.41) is 0. The molecule has 5 heteroatoms. The van der Waals surface area contributed by atoms with Crippen LogP contribution in [0.3, 0.4) is 0 Å². The maximum Gasteiger partial charge on any atom is 0.254 e. The second-order valence-corrected chi connectivity index (χ2v) is 8.32. The number of nitrogens with zero attached hydrogens (tertiary/aromatic N) is 2. The number of fused-ring (bicyclic) bond motifs is 1. The summed E-state index contributed by atoms with van der Waals surface area (Å²) in [6.07, 6.45) is 6.49. The molecular weight excluding hydrogens is 388 g/mol. The van der Waals surface area contributed by atoms with Gasteiger partial charge < -0.3 is 14.5 Å². The molecule has 0 saturated heterocycles. The summed E-state index contributed by atoms with van der Waals surface area (Å²) in [5.41, 5.74) is 3.67. The number of carbonyl (C=O) groups is 2. The Morgan fingerprint density at radius 3 is 2.35 bits per heavy atom. The first-order chi connectivity index (χ1) is 15.1. The zero-order chi connectivity index (χ0) is 22.1. The van der Waals surface area contributed by atoms with Crippen LogP contribution in [0.2, 0.25) is 0 Å². The van der Waals surface area contributed by atoms with Gasteiger partial charge in [0.2, 0.25) is 0 Å². The van der Waals surface area contributed by atoms with E-state index in [1.165, 1.54) is 0 Å². The van der Waals surface area contributed by atoms with Gasteiger partial charge in [0.25, 0.3) is 11.8 Å². The Morgan fingerprint density at radius 2 is 1.61 bits per heavy atom. The summed E-state index contributed by atoms with van der Waals surface area (Å²) in [4.78, 5) is 30.0. The lowest BCUT2D eigenvalue weighted by Gasteiger charge is -2.28. The third-order valence-corrected chi connectivity index (χ3v) is 5.82. The number of amides is 2. The molecule has 0 spiro atoms. The topological polar surface area (TPSA) is 49.9 Å². The van der Waals surface area contributed by atoms with Gasteiger partial charge in [-0.3, -0.25) is 9.59 Å². The van der Waals surface area contributed by atoms with Gasteiger partial charge in [0.15, 0.2) is 0 Å². The van der Waals surface area contributed by atoms with Crippen LogP contribution < -0.4 is 4.90 Å². The normalized spacial score (nSPS) is 15.9. The maximum absolute atomic E-state index is 13.4. The summed E-state index contributed by atoms with van der Waals surface area (Å²) >= 11 is 0. The van der Waals surface area contributed by atoms with Gasteiger partial charge in [-0.25, -0.2) is 0 Å². The van der Waals surface area contributed by atoms with Crippen LogP contribution in [0.5, 0.6) is 0 Å². The van der Waals surface area contributed by atoms with Crippen molar-refractivity contribution in [3.05, 3.63) is 65.2 Å². The van der Waals surface area contributed by atoms with E-state index in [0.29, 0.717) is 25.2 Å². The van der Waals surface area contributed by atoms with Gasteiger partial charge in [-0.15, -0.1) is 0 Å². The van der Waals surface area contributed by atoms with Crippen molar-refractivity contribution in [2.75, 3.05) is 31.7 Å². The summed E-state index contributed by atoms with van der Waals surface area (Å²) < 4.78 is 5.14. The monoisotopic (exact) mass is 422 g/mol. The van der Waals surface area contributed by atoms with Crippen molar-refractivity contribution in [1.29, 1.82) is 0 Å². The molecule has 0 radical (unpaired) electrons. The molecule has 0 fully saturated rings. The fourth-order valence-corrected chi connectivity index (χ4v) is 4.19. The van der Waals surface area contributed by atoms with Gasteiger partial charge in [0, 0.05) is 38.0 Å². The van der Waals surface area contributed by atoms with Gasteiger partial charge in [0.05, 0.1) is 0 Å². The summed E-state index contributed by atoms with van der Waals surface area (Å²) in [6.45, 7) is 3.93. The van der Waals surface area contributed by atoms with Gasteiger partial charge in [0.1, 0.15) is 6.61 Å². The van der Waals surface area contributed by atoms with Crippen molar-refractivity contribution >= 4 is 17.5 Å². The zero-order valence-electron chi connectivity index (χ0n) is 18.8. The molecule has 0 aliphatic carbocycles. The van der Waals surface area contributed by atoms with Crippen LogP contribution in [0.4, 0.5) is 5.69 Å². The molecule has 1 aliphatic rings. The fourth-order valence-electron chi connectivity index (χ4n) is 4.19. The van der Waals surface area contributed by atoms with E-state index in [2.05, 4.69) is 0 Å². The van der Waals surface area contributed by atoms with Gasteiger partial charge >= 0.3 is 0 Å². The standard InChI is InChI=1S/C26H34N2O3/c1-21-12-11-14-22(18-21)26(30)27-16-9-5-3-4-6-10-17-28(25(29)20-31-2)24-15-8-7-13-23(24)19-27/h7-8,11-15,18H,3-6,9-10,16-17,19-20H2,1-2H3. The molecule has 0 unspecified atom stereocenters. The molecule has 3 rings (SSSR count). The predicted molar refractivity (Wildman–Crippen MR) is 124 cm³/mol. The molecule has 0 N–H and O–H groups in total. The van der Waals surface area contributed by atoms with E-state index in [9.17, 15) is 9.59 Å². The third kappa shape index (κ3) is 6.41. The van der Waals surface area contributed by atoms with Gasteiger partial charge in [-0.05, 0) is 43.5 Å². The van der Waals surface area contributed by atoms with Gasteiger partial charge in [-0.2, -0.15) is 0 Å². The SMILES string of the molecule is COCC(=O)N1CCCCCCCCN(C(=O)c2cccc(C)c2)Cc2ccccc21. The number of hydrogen-bond donors (Lipinski definition) is 0.